The number of hydrogen-bond donors (Lipinski definition) is 3. The molecular weight excluding hydrogens is 470 g/mol. The van der Waals surface area contributed by atoms with Crippen LogP contribution in [0.2, 0.25) is 0 Å². The predicted octanol–water partition coefficient (Wildman–Crippen LogP) is 3.90. The molecule has 10 nitrogen and oxygen atoms in total. The van der Waals surface area contributed by atoms with Crippen molar-refractivity contribution in [1.29, 1.82) is 0 Å². The van der Waals surface area contributed by atoms with E-state index in [0.717, 1.165) is 11.3 Å². The number of nitrogens with zero attached hydrogens (tertiary/aromatic N) is 3. The number of carboxylic acid groups (broad SMARTS) is 1. The second-order valence-corrected chi connectivity index (χ2v) is 8.87. The minimum absolute atomic E-state index is 0.114. The molecule has 0 bridgehead atoms. The molecule has 3 rings (SSSR count). The van der Waals surface area contributed by atoms with Crippen LogP contribution in [0.15, 0.2) is 53.7 Å². The van der Waals surface area contributed by atoms with E-state index in [9.17, 15) is 19.5 Å². The van der Waals surface area contributed by atoms with E-state index in [-0.39, 0.29) is 24.8 Å². The molecule has 2 amide bonds. The first-order valence-corrected chi connectivity index (χ1v) is 11.9. The van der Waals surface area contributed by atoms with Gasteiger partial charge < -0.3 is 25.0 Å². The van der Waals surface area contributed by atoms with Crippen molar-refractivity contribution in [2.75, 3.05) is 17.2 Å². The lowest BCUT2D eigenvalue weighted by atomic mass is 10.2. The fraction of sp³-hybridized carbons (Fsp3) is 0.292. The molecule has 35 heavy (non-hydrogen) atoms. The fourth-order valence-electron chi connectivity index (χ4n) is 3.16. The first-order valence-electron chi connectivity index (χ1n) is 11.0. The molecule has 0 saturated carbocycles. The number of hydrogen-bond acceptors (Lipinski definition) is 7. The summed E-state index contributed by atoms with van der Waals surface area (Å²) in [4.78, 5) is 35.1. The number of anilines is 2. The van der Waals surface area contributed by atoms with Gasteiger partial charge >= 0.3 is 5.97 Å². The first-order chi connectivity index (χ1) is 16.8. The second-order valence-electron chi connectivity index (χ2n) is 7.57. The van der Waals surface area contributed by atoms with Crippen LogP contribution in [0.4, 0.5) is 11.4 Å². The molecule has 0 aliphatic rings. The molecule has 0 saturated heterocycles. The monoisotopic (exact) mass is 497 g/mol. The summed E-state index contributed by atoms with van der Waals surface area (Å²) >= 11 is 1.19. The fourth-order valence-corrected chi connectivity index (χ4v) is 4.04. The summed E-state index contributed by atoms with van der Waals surface area (Å²) in [6.45, 7) is 5.77. The van der Waals surface area contributed by atoms with E-state index in [1.165, 1.54) is 18.7 Å². The van der Waals surface area contributed by atoms with Crippen LogP contribution < -0.4 is 15.4 Å². The molecule has 1 atom stereocenters. The standard InChI is InChI=1S/C24H27N5O5S/c1-4-34-20-11-5-17(6-12-20)22-27-28-24(29(22)14-13-21(31)32)35-15(2)23(33)26-19-9-7-18(8-10-19)25-16(3)30/h5-12,15H,4,13-14H2,1-3H3,(H,25,30)(H,26,33)(H,31,32). The Balaban J connectivity index is 1.74. The number of amides is 2. The number of carbonyl (C=O) groups is 3. The third kappa shape index (κ3) is 7.31. The molecule has 0 radical (unpaired) electrons. The molecule has 11 heteroatoms. The van der Waals surface area contributed by atoms with Crippen LogP contribution in [0.3, 0.4) is 0 Å². The highest BCUT2D eigenvalue weighted by Crippen LogP contribution is 2.29. The van der Waals surface area contributed by atoms with Gasteiger partial charge in [0.25, 0.3) is 0 Å². The Hall–Kier alpha value is -3.86. The summed E-state index contributed by atoms with van der Waals surface area (Å²) in [5, 5.41) is 23.1. The van der Waals surface area contributed by atoms with Crippen LogP contribution in [0.5, 0.6) is 5.75 Å². The average Bonchev–Trinajstić information content (AvgIpc) is 3.21. The highest BCUT2D eigenvalue weighted by Gasteiger charge is 2.21. The van der Waals surface area contributed by atoms with Crippen molar-refractivity contribution in [3.63, 3.8) is 0 Å². The van der Waals surface area contributed by atoms with Gasteiger partial charge in [0.15, 0.2) is 11.0 Å². The predicted molar refractivity (Wildman–Crippen MR) is 134 cm³/mol. The molecule has 2 aromatic carbocycles. The van der Waals surface area contributed by atoms with Gasteiger partial charge in [0.05, 0.1) is 18.3 Å². The SMILES string of the molecule is CCOc1ccc(-c2nnc(SC(C)C(=O)Nc3ccc(NC(C)=O)cc3)n2CCC(=O)O)cc1. The van der Waals surface area contributed by atoms with E-state index >= 15 is 0 Å². The maximum Gasteiger partial charge on any atom is 0.305 e. The molecule has 1 aromatic heterocycles. The summed E-state index contributed by atoms with van der Waals surface area (Å²) in [5.74, 6) is -0.141. The number of rotatable bonds is 11. The number of thioether (sulfide) groups is 1. The Morgan fingerprint density at radius 1 is 1.03 bits per heavy atom. The van der Waals surface area contributed by atoms with Crippen molar-refractivity contribution < 1.29 is 24.2 Å². The topological polar surface area (TPSA) is 135 Å². The number of aliphatic carboxylic acids is 1. The summed E-state index contributed by atoms with van der Waals surface area (Å²) in [6, 6.07) is 14.1. The van der Waals surface area contributed by atoms with Crippen LogP contribution >= 0.6 is 11.8 Å². The van der Waals surface area contributed by atoms with E-state index in [0.29, 0.717) is 29.0 Å². The molecular formula is C24H27N5O5S. The third-order valence-corrected chi connectivity index (χ3v) is 5.89. The van der Waals surface area contributed by atoms with Crippen molar-refractivity contribution in [1.82, 2.24) is 14.8 Å². The number of carboxylic acids is 1. The molecule has 0 aliphatic heterocycles. The number of benzene rings is 2. The van der Waals surface area contributed by atoms with Crippen LogP contribution in [0, 0.1) is 0 Å². The van der Waals surface area contributed by atoms with Crippen molar-refractivity contribution in [2.24, 2.45) is 0 Å². The Morgan fingerprint density at radius 3 is 2.23 bits per heavy atom. The van der Waals surface area contributed by atoms with E-state index in [1.54, 1.807) is 35.8 Å². The van der Waals surface area contributed by atoms with Gasteiger partial charge in [-0.15, -0.1) is 10.2 Å². The maximum absolute atomic E-state index is 12.8. The van der Waals surface area contributed by atoms with Gasteiger partial charge in [-0.25, -0.2) is 0 Å². The summed E-state index contributed by atoms with van der Waals surface area (Å²) in [7, 11) is 0. The maximum atomic E-state index is 12.8. The van der Waals surface area contributed by atoms with Gasteiger partial charge in [-0.2, -0.15) is 0 Å². The Kier molecular flexibility index (Phi) is 8.85. The largest absolute Gasteiger partial charge is 0.494 e. The highest BCUT2D eigenvalue weighted by atomic mass is 32.2. The summed E-state index contributed by atoms with van der Waals surface area (Å²) < 4.78 is 7.18. The molecule has 0 aliphatic carbocycles. The summed E-state index contributed by atoms with van der Waals surface area (Å²) in [6.07, 6.45) is -0.114. The van der Waals surface area contributed by atoms with Gasteiger partial charge in [-0.1, -0.05) is 11.8 Å². The minimum Gasteiger partial charge on any atom is -0.494 e. The quantitative estimate of drug-likeness (QED) is 0.340. The highest BCUT2D eigenvalue weighted by molar-refractivity contribution is 8.00. The van der Waals surface area contributed by atoms with Gasteiger partial charge in [0.1, 0.15) is 5.75 Å². The Labute approximate surface area is 207 Å². The van der Waals surface area contributed by atoms with Gasteiger partial charge in [-0.05, 0) is 62.4 Å². The van der Waals surface area contributed by atoms with Crippen molar-refractivity contribution in [3.8, 4) is 17.1 Å². The zero-order chi connectivity index (χ0) is 25.4. The number of aromatic nitrogens is 3. The van der Waals surface area contributed by atoms with E-state index < -0.39 is 11.2 Å². The molecule has 0 spiro atoms. The third-order valence-electron chi connectivity index (χ3n) is 4.81. The van der Waals surface area contributed by atoms with Gasteiger partial charge in [0, 0.05) is 30.4 Å². The van der Waals surface area contributed by atoms with Gasteiger partial charge in [-0.3, -0.25) is 14.4 Å². The lowest BCUT2D eigenvalue weighted by molar-refractivity contribution is -0.137. The van der Waals surface area contributed by atoms with E-state index in [2.05, 4.69) is 20.8 Å². The van der Waals surface area contributed by atoms with Crippen LogP contribution in [-0.4, -0.2) is 49.5 Å². The zero-order valence-corrected chi connectivity index (χ0v) is 20.5. The van der Waals surface area contributed by atoms with Crippen LogP contribution in [0.1, 0.15) is 27.2 Å². The van der Waals surface area contributed by atoms with Crippen LogP contribution in [0.25, 0.3) is 11.4 Å². The summed E-state index contributed by atoms with van der Waals surface area (Å²) in [5.41, 5.74) is 1.97. The second kappa shape index (κ2) is 12.0. The van der Waals surface area contributed by atoms with Crippen molar-refractivity contribution in [3.05, 3.63) is 48.5 Å². The minimum atomic E-state index is -0.944. The molecule has 3 aromatic rings. The van der Waals surface area contributed by atoms with Crippen LogP contribution in [-0.2, 0) is 20.9 Å². The molecule has 1 unspecified atom stereocenters. The van der Waals surface area contributed by atoms with E-state index in [1.807, 2.05) is 31.2 Å². The number of nitrogens with one attached hydrogen (secondary N) is 2. The smallest absolute Gasteiger partial charge is 0.305 e. The normalized spacial score (nSPS) is 11.5. The van der Waals surface area contributed by atoms with Gasteiger partial charge in [0.2, 0.25) is 11.8 Å². The molecule has 3 N–H and O–H groups in total. The van der Waals surface area contributed by atoms with E-state index in [4.69, 9.17) is 4.74 Å². The Bertz CT molecular complexity index is 1180. The molecule has 0 fully saturated rings. The molecule has 1 heterocycles. The van der Waals surface area contributed by atoms with Crippen molar-refractivity contribution in [2.45, 2.75) is 44.1 Å². The Morgan fingerprint density at radius 2 is 1.66 bits per heavy atom. The van der Waals surface area contributed by atoms with Crippen molar-refractivity contribution >= 4 is 40.9 Å². The number of ether oxygens (including phenoxy) is 1. The first kappa shape index (κ1) is 25.8. The lowest BCUT2D eigenvalue weighted by Crippen LogP contribution is -2.23. The lowest BCUT2D eigenvalue weighted by Gasteiger charge is -2.14. The number of carbonyl (C=O) groups excluding carboxylic acids is 2. The average molecular weight is 498 g/mol. The zero-order valence-electron chi connectivity index (χ0n) is 19.6. The molecule has 184 valence electrons.